The smallest absolute Gasteiger partial charge is 0.295 e. The minimum atomic E-state index is -0.450. The highest BCUT2D eigenvalue weighted by atomic mass is 79.9. The Kier molecular flexibility index (Phi) is 3.27. The Bertz CT molecular complexity index is 447. The van der Waals surface area contributed by atoms with Crippen molar-refractivity contribution < 1.29 is 0 Å². The van der Waals surface area contributed by atoms with Crippen LogP contribution in [0.15, 0.2) is 31.3 Å². The second kappa shape index (κ2) is 4.06. The molecule has 0 bridgehead atoms. The SMILES string of the molecule is C=C(Br)Cn1cc(Br)c(=O)[nH]c1=O. The number of aromatic nitrogens is 2. The van der Waals surface area contributed by atoms with Gasteiger partial charge in [0.05, 0.1) is 11.0 Å². The summed E-state index contributed by atoms with van der Waals surface area (Å²) < 4.78 is 2.32. The Labute approximate surface area is 90.5 Å². The van der Waals surface area contributed by atoms with Crippen LogP contribution < -0.4 is 11.2 Å². The predicted molar refractivity (Wildman–Crippen MR) is 57.1 cm³/mol. The maximum Gasteiger partial charge on any atom is 0.328 e. The van der Waals surface area contributed by atoms with Gasteiger partial charge in [0.25, 0.3) is 5.56 Å². The lowest BCUT2D eigenvalue weighted by atomic mass is 10.5. The molecule has 0 saturated carbocycles. The van der Waals surface area contributed by atoms with Crippen LogP contribution in [0.25, 0.3) is 0 Å². The number of halogens is 2. The van der Waals surface area contributed by atoms with Crippen LogP contribution in [0.1, 0.15) is 0 Å². The zero-order valence-corrected chi connectivity index (χ0v) is 9.68. The van der Waals surface area contributed by atoms with Crippen molar-refractivity contribution in [2.75, 3.05) is 0 Å². The molecule has 0 aliphatic rings. The summed E-state index contributed by atoms with van der Waals surface area (Å²) in [5.74, 6) is 0. The number of rotatable bonds is 2. The highest BCUT2D eigenvalue weighted by Crippen LogP contribution is 2.04. The number of aromatic amines is 1. The average Bonchev–Trinajstić information content (AvgIpc) is 1.99. The first kappa shape index (κ1) is 10.5. The van der Waals surface area contributed by atoms with E-state index in [2.05, 4.69) is 43.4 Å². The summed E-state index contributed by atoms with van der Waals surface area (Å²) in [4.78, 5) is 24.2. The molecule has 0 atom stereocenters. The van der Waals surface area contributed by atoms with Gasteiger partial charge in [-0.05, 0) is 15.9 Å². The second-order valence-corrected chi connectivity index (χ2v) is 4.36. The van der Waals surface area contributed by atoms with Gasteiger partial charge < -0.3 is 0 Å². The van der Waals surface area contributed by atoms with Crippen LogP contribution in [-0.2, 0) is 6.54 Å². The fourth-order valence-electron chi connectivity index (χ4n) is 0.785. The van der Waals surface area contributed by atoms with Crippen LogP contribution in [0, 0.1) is 0 Å². The van der Waals surface area contributed by atoms with Crippen LogP contribution in [0.3, 0.4) is 0 Å². The molecule has 0 aromatic carbocycles. The topological polar surface area (TPSA) is 54.9 Å². The first-order chi connectivity index (χ1) is 6.00. The van der Waals surface area contributed by atoms with Gasteiger partial charge in [0, 0.05) is 10.7 Å². The largest absolute Gasteiger partial charge is 0.328 e. The lowest BCUT2D eigenvalue weighted by Crippen LogP contribution is -2.29. The molecule has 1 heterocycles. The number of nitrogens with one attached hydrogen (secondary N) is 1. The van der Waals surface area contributed by atoms with Gasteiger partial charge in [-0.1, -0.05) is 22.5 Å². The van der Waals surface area contributed by atoms with Gasteiger partial charge in [-0.3, -0.25) is 14.3 Å². The molecule has 0 aliphatic carbocycles. The number of H-pyrrole nitrogens is 1. The fraction of sp³-hybridized carbons (Fsp3) is 0.143. The zero-order valence-electron chi connectivity index (χ0n) is 6.51. The molecular weight excluding hydrogens is 304 g/mol. The highest BCUT2D eigenvalue weighted by molar-refractivity contribution is 9.11. The minimum Gasteiger partial charge on any atom is -0.295 e. The van der Waals surface area contributed by atoms with E-state index in [1.165, 1.54) is 10.8 Å². The molecule has 0 spiro atoms. The monoisotopic (exact) mass is 308 g/mol. The molecule has 70 valence electrons. The van der Waals surface area contributed by atoms with Gasteiger partial charge >= 0.3 is 5.69 Å². The highest BCUT2D eigenvalue weighted by Gasteiger charge is 2.01. The maximum atomic E-state index is 11.2. The van der Waals surface area contributed by atoms with E-state index in [1.54, 1.807) is 0 Å². The van der Waals surface area contributed by atoms with Crippen molar-refractivity contribution in [1.82, 2.24) is 9.55 Å². The van der Waals surface area contributed by atoms with Gasteiger partial charge in [-0.25, -0.2) is 4.79 Å². The van der Waals surface area contributed by atoms with Crippen LogP contribution in [0.2, 0.25) is 0 Å². The Hall–Kier alpha value is -0.620. The quantitative estimate of drug-likeness (QED) is 0.893. The Morgan fingerprint density at radius 1 is 1.62 bits per heavy atom. The van der Waals surface area contributed by atoms with Gasteiger partial charge in [-0.15, -0.1) is 0 Å². The van der Waals surface area contributed by atoms with Gasteiger partial charge in [-0.2, -0.15) is 0 Å². The molecule has 1 rings (SSSR count). The normalized spacial score (nSPS) is 10.0. The number of allylic oxidation sites excluding steroid dienone is 1. The fourth-order valence-corrected chi connectivity index (χ4v) is 1.40. The molecule has 1 N–H and O–H groups in total. The third-order valence-corrected chi connectivity index (χ3v) is 2.12. The van der Waals surface area contributed by atoms with Gasteiger partial charge in [0.2, 0.25) is 0 Å². The lowest BCUT2D eigenvalue weighted by Gasteiger charge is -2.02. The van der Waals surface area contributed by atoms with Gasteiger partial charge in [0.15, 0.2) is 0 Å². The summed E-state index contributed by atoms with van der Waals surface area (Å²) in [6.45, 7) is 3.92. The van der Waals surface area contributed by atoms with Crippen molar-refractivity contribution in [3.8, 4) is 0 Å². The van der Waals surface area contributed by atoms with E-state index in [0.717, 1.165) is 0 Å². The molecule has 0 amide bonds. The van der Waals surface area contributed by atoms with Gasteiger partial charge in [0.1, 0.15) is 0 Å². The molecule has 0 aliphatic heterocycles. The summed E-state index contributed by atoms with van der Waals surface area (Å²) in [5, 5.41) is 0. The number of hydrogen-bond acceptors (Lipinski definition) is 2. The Balaban J connectivity index is 3.24. The Morgan fingerprint density at radius 2 is 2.23 bits per heavy atom. The average molecular weight is 310 g/mol. The zero-order chi connectivity index (χ0) is 10.0. The van der Waals surface area contributed by atoms with Crippen LogP contribution in [0.5, 0.6) is 0 Å². The first-order valence-electron chi connectivity index (χ1n) is 3.33. The Morgan fingerprint density at radius 3 is 2.77 bits per heavy atom. The molecule has 1 aromatic heterocycles. The molecule has 4 nitrogen and oxygen atoms in total. The van der Waals surface area contributed by atoms with Crippen molar-refractivity contribution in [1.29, 1.82) is 0 Å². The summed E-state index contributed by atoms with van der Waals surface area (Å²) in [5.41, 5.74) is -0.879. The maximum absolute atomic E-state index is 11.2. The molecule has 0 fully saturated rings. The van der Waals surface area contributed by atoms with E-state index in [1.807, 2.05) is 0 Å². The molecular formula is C7H6Br2N2O2. The van der Waals surface area contributed by atoms with Crippen molar-refractivity contribution in [2.24, 2.45) is 0 Å². The number of nitrogens with zero attached hydrogens (tertiary/aromatic N) is 1. The van der Waals surface area contributed by atoms with E-state index >= 15 is 0 Å². The lowest BCUT2D eigenvalue weighted by molar-refractivity contribution is 0.727. The summed E-state index contributed by atoms with van der Waals surface area (Å²) in [6, 6.07) is 0. The molecule has 0 saturated heterocycles. The van der Waals surface area contributed by atoms with E-state index < -0.39 is 11.2 Å². The minimum absolute atomic E-state index is 0.320. The third-order valence-electron chi connectivity index (χ3n) is 1.31. The van der Waals surface area contributed by atoms with Crippen molar-refractivity contribution in [3.63, 3.8) is 0 Å². The standard InChI is InChI=1S/C7H6Br2N2O2/c1-4(8)2-11-3-5(9)6(12)10-7(11)13/h3H,1-2H2,(H,10,12,13). The van der Waals surface area contributed by atoms with Crippen molar-refractivity contribution >= 4 is 31.9 Å². The molecule has 0 unspecified atom stereocenters. The van der Waals surface area contributed by atoms with Crippen molar-refractivity contribution in [2.45, 2.75) is 6.54 Å². The first-order valence-corrected chi connectivity index (χ1v) is 4.92. The molecule has 6 heteroatoms. The summed E-state index contributed by atoms with van der Waals surface area (Å²) in [6.07, 6.45) is 1.42. The third kappa shape index (κ3) is 2.67. The summed E-state index contributed by atoms with van der Waals surface area (Å²) >= 11 is 6.15. The van der Waals surface area contributed by atoms with Crippen LogP contribution >= 0.6 is 31.9 Å². The molecule has 0 radical (unpaired) electrons. The van der Waals surface area contributed by atoms with Crippen molar-refractivity contribution in [3.05, 3.63) is 42.6 Å². The van der Waals surface area contributed by atoms with E-state index in [0.29, 0.717) is 15.5 Å². The van der Waals surface area contributed by atoms with Crippen LogP contribution in [-0.4, -0.2) is 9.55 Å². The van der Waals surface area contributed by atoms with E-state index in [9.17, 15) is 9.59 Å². The number of hydrogen-bond donors (Lipinski definition) is 1. The molecule has 13 heavy (non-hydrogen) atoms. The summed E-state index contributed by atoms with van der Waals surface area (Å²) in [7, 11) is 0. The predicted octanol–water partition coefficient (Wildman–Crippen LogP) is 1.21. The second-order valence-electron chi connectivity index (χ2n) is 2.38. The van der Waals surface area contributed by atoms with E-state index in [-0.39, 0.29) is 0 Å². The van der Waals surface area contributed by atoms with E-state index in [4.69, 9.17) is 0 Å². The van der Waals surface area contributed by atoms with Crippen LogP contribution in [0.4, 0.5) is 0 Å². The molecule has 1 aromatic rings.